The van der Waals surface area contributed by atoms with E-state index in [2.05, 4.69) is 10.1 Å². The van der Waals surface area contributed by atoms with Crippen molar-refractivity contribution >= 4 is 5.78 Å². The van der Waals surface area contributed by atoms with Crippen molar-refractivity contribution in [2.24, 2.45) is 7.05 Å². The molecule has 82 valence electrons. The van der Waals surface area contributed by atoms with E-state index in [-0.39, 0.29) is 11.8 Å². The molecule has 0 bridgehead atoms. The van der Waals surface area contributed by atoms with E-state index < -0.39 is 0 Å². The van der Waals surface area contributed by atoms with Gasteiger partial charge in [0.2, 0.25) is 0 Å². The summed E-state index contributed by atoms with van der Waals surface area (Å²) in [6.45, 7) is 1.52. The van der Waals surface area contributed by atoms with Crippen LogP contribution in [0.25, 0.3) is 0 Å². The highest BCUT2D eigenvalue weighted by Gasteiger charge is 2.03. The minimum atomic E-state index is 0.0301. The molecule has 0 amide bonds. The Morgan fingerprint density at radius 2 is 2.00 bits per heavy atom. The number of hydrogen-bond acceptors (Lipinski definition) is 4. The molecular formula is C11H11N3O2. The van der Waals surface area contributed by atoms with Crippen LogP contribution in [0.2, 0.25) is 0 Å². The molecule has 2 rings (SSSR count). The second kappa shape index (κ2) is 4.14. The summed E-state index contributed by atoms with van der Waals surface area (Å²) in [5.41, 5.74) is 0.654. The van der Waals surface area contributed by atoms with Gasteiger partial charge in [-0.1, -0.05) is 0 Å². The van der Waals surface area contributed by atoms with Crippen molar-refractivity contribution in [2.75, 3.05) is 0 Å². The lowest BCUT2D eigenvalue weighted by atomic mass is 10.1. The molecule has 0 radical (unpaired) electrons. The largest absolute Gasteiger partial charge is 0.423 e. The molecule has 0 unspecified atom stereocenters. The van der Waals surface area contributed by atoms with Crippen molar-refractivity contribution in [3.8, 4) is 11.8 Å². The Morgan fingerprint density at radius 1 is 1.31 bits per heavy atom. The van der Waals surface area contributed by atoms with E-state index in [9.17, 15) is 4.79 Å². The first-order chi connectivity index (χ1) is 7.65. The Balaban J connectivity index is 2.14. The van der Waals surface area contributed by atoms with Gasteiger partial charge in [-0.25, -0.2) is 0 Å². The highest BCUT2D eigenvalue weighted by atomic mass is 16.5. The molecule has 1 aromatic heterocycles. The quantitative estimate of drug-likeness (QED) is 0.736. The zero-order valence-corrected chi connectivity index (χ0v) is 9.04. The van der Waals surface area contributed by atoms with E-state index in [1.54, 1.807) is 42.3 Å². The smallest absolute Gasteiger partial charge is 0.340 e. The van der Waals surface area contributed by atoms with Gasteiger partial charge in [-0.2, -0.15) is 4.98 Å². The Hall–Kier alpha value is -2.17. The van der Waals surface area contributed by atoms with Gasteiger partial charge < -0.3 is 4.74 Å². The number of ketones is 1. The van der Waals surface area contributed by atoms with Crippen LogP contribution in [-0.2, 0) is 7.05 Å². The molecule has 0 aliphatic rings. The number of carbonyl (C=O) groups excluding carboxylic acids is 1. The van der Waals surface area contributed by atoms with Crippen LogP contribution in [0.1, 0.15) is 17.3 Å². The Labute approximate surface area is 92.7 Å². The topological polar surface area (TPSA) is 57.0 Å². The lowest BCUT2D eigenvalue weighted by Gasteiger charge is -2.01. The summed E-state index contributed by atoms with van der Waals surface area (Å²) < 4.78 is 6.93. The van der Waals surface area contributed by atoms with Crippen molar-refractivity contribution in [1.82, 2.24) is 14.8 Å². The summed E-state index contributed by atoms with van der Waals surface area (Å²) in [6, 6.07) is 7.14. The van der Waals surface area contributed by atoms with Crippen LogP contribution in [0.15, 0.2) is 30.6 Å². The number of carbonyl (C=O) groups is 1. The first-order valence-electron chi connectivity index (χ1n) is 4.79. The van der Waals surface area contributed by atoms with E-state index in [4.69, 9.17) is 4.74 Å². The summed E-state index contributed by atoms with van der Waals surface area (Å²) in [6.07, 6.45) is 1.55. The average molecular weight is 217 g/mol. The van der Waals surface area contributed by atoms with Crippen molar-refractivity contribution < 1.29 is 9.53 Å². The van der Waals surface area contributed by atoms with Crippen LogP contribution in [0.3, 0.4) is 0 Å². The highest BCUT2D eigenvalue weighted by Crippen LogP contribution is 2.17. The standard InChI is InChI=1S/C11H11N3O2/c1-8(15)9-3-5-10(6-4-9)16-11-12-7-14(2)13-11/h3-7H,1-2H3. The van der Waals surface area contributed by atoms with Gasteiger partial charge in [0.15, 0.2) is 5.78 Å². The first-order valence-corrected chi connectivity index (χ1v) is 4.79. The number of ether oxygens (including phenoxy) is 1. The average Bonchev–Trinajstić information content (AvgIpc) is 2.65. The maximum Gasteiger partial charge on any atom is 0.340 e. The zero-order chi connectivity index (χ0) is 11.5. The molecule has 1 aromatic carbocycles. The molecule has 2 aromatic rings. The minimum Gasteiger partial charge on any atom is -0.423 e. The molecule has 0 aliphatic heterocycles. The third-order valence-corrected chi connectivity index (χ3v) is 2.05. The molecule has 0 fully saturated rings. The normalized spacial score (nSPS) is 10.1. The predicted molar refractivity (Wildman–Crippen MR) is 57.5 cm³/mol. The molecule has 0 N–H and O–H groups in total. The molecule has 16 heavy (non-hydrogen) atoms. The first kappa shape index (κ1) is 10.4. The number of hydrogen-bond donors (Lipinski definition) is 0. The fourth-order valence-corrected chi connectivity index (χ4v) is 1.23. The number of Topliss-reactive ketones (excluding diaryl/α,β-unsaturated/α-hetero) is 1. The van der Waals surface area contributed by atoms with E-state index in [1.807, 2.05) is 0 Å². The van der Waals surface area contributed by atoms with E-state index in [0.29, 0.717) is 11.3 Å². The molecule has 5 nitrogen and oxygen atoms in total. The van der Waals surface area contributed by atoms with Gasteiger partial charge in [-0.15, -0.1) is 5.10 Å². The molecule has 0 saturated heterocycles. The van der Waals surface area contributed by atoms with Gasteiger partial charge in [0.1, 0.15) is 12.1 Å². The van der Waals surface area contributed by atoms with E-state index in [1.165, 1.54) is 6.92 Å². The van der Waals surface area contributed by atoms with E-state index in [0.717, 1.165) is 0 Å². The summed E-state index contributed by atoms with van der Waals surface area (Å²) in [5.74, 6) is 0.638. The van der Waals surface area contributed by atoms with Gasteiger partial charge >= 0.3 is 6.01 Å². The maximum absolute atomic E-state index is 11.0. The number of aryl methyl sites for hydroxylation is 1. The van der Waals surface area contributed by atoms with Crippen LogP contribution in [0.5, 0.6) is 11.8 Å². The van der Waals surface area contributed by atoms with E-state index >= 15 is 0 Å². The van der Waals surface area contributed by atoms with Crippen LogP contribution in [0, 0.1) is 0 Å². The second-order valence-corrected chi connectivity index (χ2v) is 3.38. The van der Waals surface area contributed by atoms with Gasteiger partial charge in [0, 0.05) is 12.6 Å². The van der Waals surface area contributed by atoms with Crippen LogP contribution in [0.4, 0.5) is 0 Å². The number of benzene rings is 1. The Kier molecular flexibility index (Phi) is 2.68. The van der Waals surface area contributed by atoms with Crippen LogP contribution >= 0.6 is 0 Å². The second-order valence-electron chi connectivity index (χ2n) is 3.38. The van der Waals surface area contributed by atoms with Crippen molar-refractivity contribution in [2.45, 2.75) is 6.92 Å². The molecule has 5 heteroatoms. The third kappa shape index (κ3) is 2.25. The molecule has 1 heterocycles. The SMILES string of the molecule is CC(=O)c1ccc(Oc2ncn(C)n2)cc1. The third-order valence-electron chi connectivity index (χ3n) is 2.05. The summed E-state index contributed by atoms with van der Waals surface area (Å²) in [4.78, 5) is 15.0. The van der Waals surface area contributed by atoms with Gasteiger partial charge in [0.05, 0.1) is 0 Å². The van der Waals surface area contributed by atoms with Gasteiger partial charge in [-0.05, 0) is 31.2 Å². The fraction of sp³-hybridized carbons (Fsp3) is 0.182. The lowest BCUT2D eigenvalue weighted by Crippen LogP contribution is -1.93. The number of nitrogens with zero attached hydrogens (tertiary/aromatic N) is 3. The fourth-order valence-electron chi connectivity index (χ4n) is 1.23. The molecule has 0 atom stereocenters. The minimum absolute atomic E-state index is 0.0301. The van der Waals surface area contributed by atoms with Crippen molar-refractivity contribution in [3.05, 3.63) is 36.2 Å². The molecule has 0 aliphatic carbocycles. The molecular weight excluding hydrogens is 206 g/mol. The lowest BCUT2D eigenvalue weighted by molar-refractivity contribution is 0.101. The number of rotatable bonds is 3. The van der Waals surface area contributed by atoms with Gasteiger partial charge in [0.25, 0.3) is 0 Å². The van der Waals surface area contributed by atoms with Crippen molar-refractivity contribution in [3.63, 3.8) is 0 Å². The summed E-state index contributed by atoms with van der Waals surface area (Å²) in [5, 5.41) is 3.98. The molecule has 0 spiro atoms. The number of aromatic nitrogens is 3. The monoisotopic (exact) mass is 217 g/mol. The summed E-state index contributed by atoms with van der Waals surface area (Å²) in [7, 11) is 1.76. The summed E-state index contributed by atoms with van der Waals surface area (Å²) >= 11 is 0. The Bertz CT molecular complexity index is 502. The zero-order valence-electron chi connectivity index (χ0n) is 9.04. The van der Waals surface area contributed by atoms with Crippen molar-refractivity contribution in [1.29, 1.82) is 0 Å². The highest BCUT2D eigenvalue weighted by molar-refractivity contribution is 5.94. The van der Waals surface area contributed by atoms with Crippen LogP contribution in [-0.4, -0.2) is 20.5 Å². The predicted octanol–water partition coefficient (Wildman–Crippen LogP) is 1.81. The van der Waals surface area contributed by atoms with Gasteiger partial charge in [-0.3, -0.25) is 9.48 Å². The Morgan fingerprint density at radius 3 is 2.50 bits per heavy atom. The molecule has 0 saturated carbocycles. The maximum atomic E-state index is 11.0. The van der Waals surface area contributed by atoms with Crippen LogP contribution < -0.4 is 4.74 Å².